The highest BCUT2D eigenvalue weighted by molar-refractivity contribution is 5.58. The second-order valence-corrected chi connectivity index (χ2v) is 3.60. The molecule has 3 nitrogen and oxygen atoms in total. The van der Waals surface area contributed by atoms with Crippen LogP contribution in [0.4, 0.5) is 8.78 Å². The summed E-state index contributed by atoms with van der Waals surface area (Å²) in [5.41, 5.74) is 6.79. The molecule has 0 fully saturated rings. The molecule has 2 rings (SSSR count). The number of H-pyrrole nitrogens is 1. The van der Waals surface area contributed by atoms with Crippen molar-refractivity contribution < 1.29 is 8.78 Å². The number of benzene rings is 1. The minimum atomic E-state index is -0.880. The fourth-order valence-electron chi connectivity index (χ4n) is 1.38. The molecule has 0 radical (unpaired) electrons. The number of aromatic nitrogens is 2. The lowest BCUT2D eigenvalue weighted by Crippen LogP contribution is -2.06. The number of halogens is 2. The van der Waals surface area contributed by atoms with E-state index >= 15 is 0 Å². The molecule has 1 aromatic heterocycles. The SMILES string of the molecule is C[C@@H](N)c1ncc(-c2ccc(F)c(F)c2)[nH]1. The van der Waals surface area contributed by atoms with Crippen LogP contribution in [-0.4, -0.2) is 9.97 Å². The highest BCUT2D eigenvalue weighted by atomic mass is 19.2. The Hall–Kier alpha value is -1.75. The maximum Gasteiger partial charge on any atom is 0.159 e. The van der Waals surface area contributed by atoms with E-state index in [0.29, 0.717) is 17.1 Å². The van der Waals surface area contributed by atoms with Gasteiger partial charge >= 0.3 is 0 Å². The van der Waals surface area contributed by atoms with Crippen LogP contribution in [0.2, 0.25) is 0 Å². The van der Waals surface area contributed by atoms with Gasteiger partial charge in [0, 0.05) is 5.56 Å². The first-order chi connectivity index (χ1) is 7.58. The van der Waals surface area contributed by atoms with E-state index in [4.69, 9.17) is 5.73 Å². The number of nitrogens with one attached hydrogen (secondary N) is 1. The minimum Gasteiger partial charge on any atom is -0.341 e. The number of hydrogen-bond donors (Lipinski definition) is 2. The van der Waals surface area contributed by atoms with Gasteiger partial charge in [0.15, 0.2) is 11.6 Å². The molecule has 5 heteroatoms. The molecule has 84 valence electrons. The summed E-state index contributed by atoms with van der Waals surface area (Å²) in [6.07, 6.45) is 1.55. The summed E-state index contributed by atoms with van der Waals surface area (Å²) < 4.78 is 25.7. The molecule has 2 aromatic rings. The van der Waals surface area contributed by atoms with Gasteiger partial charge in [-0.2, -0.15) is 0 Å². The van der Waals surface area contributed by atoms with Gasteiger partial charge in [0.05, 0.1) is 17.9 Å². The second kappa shape index (κ2) is 4.02. The first-order valence-electron chi connectivity index (χ1n) is 4.84. The molecule has 3 N–H and O–H groups in total. The maximum absolute atomic E-state index is 13.0. The fraction of sp³-hybridized carbons (Fsp3) is 0.182. The highest BCUT2D eigenvalue weighted by Crippen LogP contribution is 2.20. The van der Waals surface area contributed by atoms with Crippen LogP contribution in [-0.2, 0) is 0 Å². The Morgan fingerprint density at radius 1 is 1.31 bits per heavy atom. The standard InChI is InChI=1S/C11H11F2N3/c1-6(14)11-15-5-10(16-11)7-2-3-8(12)9(13)4-7/h2-6H,14H2,1H3,(H,15,16)/t6-/m1/s1. The number of aromatic amines is 1. The predicted octanol–water partition coefficient (Wildman–Crippen LogP) is 2.37. The number of nitrogens with two attached hydrogens (primary N) is 1. The Kier molecular flexibility index (Phi) is 2.70. The summed E-state index contributed by atoms with van der Waals surface area (Å²) in [7, 11) is 0. The lowest BCUT2D eigenvalue weighted by Gasteiger charge is -2.00. The number of rotatable bonds is 2. The molecule has 0 aliphatic heterocycles. The molecule has 0 aliphatic carbocycles. The first kappa shape index (κ1) is 10.8. The van der Waals surface area contributed by atoms with Crippen LogP contribution in [0.25, 0.3) is 11.3 Å². The van der Waals surface area contributed by atoms with Crippen LogP contribution in [0, 0.1) is 11.6 Å². The van der Waals surface area contributed by atoms with Crippen molar-refractivity contribution in [1.82, 2.24) is 9.97 Å². The maximum atomic E-state index is 13.0. The Morgan fingerprint density at radius 2 is 2.06 bits per heavy atom. The summed E-state index contributed by atoms with van der Waals surface area (Å²) in [5.74, 6) is -1.13. The molecule has 0 amide bonds. The summed E-state index contributed by atoms with van der Waals surface area (Å²) in [6, 6.07) is 3.46. The van der Waals surface area contributed by atoms with Gasteiger partial charge < -0.3 is 10.7 Å². The molecule has 0 unspecified atom stereocenters. The molecule has 16 heavy (non-hydrogen) atoms. The van der Waals surface area contributed by atoms with Crippen LogP contribution >= 0.6 is 0 Å². The number of hydrogen-bond acceptors (Lipinski definition) is 2. The minimum absolute atomic E-state index is 0.223. The van der Waals surface area contributed by atoms with Gasteiger partial charge in [0.1, 0.15) is 5.82 Å². The van der Waals surface area contributed by atoms with Gasteiger partial charge in [-0.15, -0.1) is 0 Å². The predicted molar refractivity (Wildman–Crippen MR) is 56.5 cm³/mol. The number of nitrogens with zero attached hydrogens (tertiary/aromatic N) is 1. The average Bonchev–Trinajstić information content (AvgIpc) is 2.71. The molecule has 1 atom stereocenters. The van der Waals surface area contributed by atoms with Gasteiger partial charge in [-0.25, -0.2) is 13.8 Å². The lowest BCUT2D eigenvalue weighted by molar-refractivity contribution is 0.509. The molecule has 0 bridgehead atoms. The van der Waals surface area contributed by atoms with Crippen LogP contribution < -0.4 is 5.73 Å². The van der Waals surface area contributed by atoms with Crippen molar-refractivity contribution in [2.75, 3.05) is 0 Å². The van der Waals surface area contributed by atoms with E-state index in [1.165, 1.54) is 6.07 Å². The Morgan fingerprint density at radius 3 is 2.62 bits per heavy atom. The summed E-state index contributed by atoms with van der Waals surface area (Å²) in [5, 5.41) is 0. The molecule has 0 saturated heterocycles. The van der Waals surface area contributed by atoms with Crippen molar-refractivity contribution in [3.8, 4) is 11.3 Å². The third-order valence-corrected chi connectivity index (χ3v) is 2.26. The fourth-order valence-corrected chi connectivity index (χ4v) is 1.38. The van der Waals surface area contributed by atoms with Crippen LogP contribution in [0.1, 0.15) is 18.8 Å². The molecule has 0 spiro atoms. The summed E-state index contributed by atoms with van der Waals surface area (Å²) in [6.45, 7) is 1.79. The van der Waals surface area contributed by atoms with E-state index in [2.05, 4.69) is 9.97 Å². The summed E-state index contributed by atoms with van der Waals surface area (Å²) >= 11 is 0. The molecular weight excluding hydrogens is 212 g/mol. The molecule has 1 aromatic carbocycles. The van der Waals surface area contributed by atoms with Crippen LogP contribution in [0.3, 0.4) is 0 Å². The van der Waals surface area contributed by atoms with Gasteiger partial charge in [-0.05, 0) is 25.1 Å². The molecular formula is C11H11F2N3. The van der Waals surface area contributed by atoms with E-state index in [1.54, 1.807) is 13.1 Å². The van der Waals surface area contributed by atoms with Crippen molar-refractivity contribution in [3.63, 3.8) is 0 Å². The van der Waals surface area contributed by atoms with Crippen molar-refractivity contribution in [1.29, 1.82) is 0 Å². The Labute approximate surface area is 91.3 Å². The lowest BCUT2D eigenvalue weighted by atomic mass is 10.1. The van der Waals surface area contributed by atoms with Crippen molar-refractivity contribution in [3.05, 3.63) is 41.9 Å². The third-order valence-electron chi connectivity index (χ3n) is 2.26. The zero-order chi connectivity index (χ0) is 11.7. The summed E-state index contributed by atoms with van der Waals surface area (Å²) in [4.78, 5) is 7.00. The van der Waals surface area contributed by atoms with Gasteiger partial charge in [0.2, 0.25) is 0 Å². The Balaban J connectivity index is 2.39. The zero-order valence-electron chi connectivity index (χ0n) is 8.67. The van der Waals surface area contributed by atoms with Crippen LogP contribution in [0.15, 0.2) is 24.4 Å². The quantitative estimate of drug-likeness (QED) is 0.821. The van der Waals surface area contributed by atoms with Crippen molar-refractivity contribution in [2.24, 2.45) is 5.73 Å². The van der Waals surface area contributed by atoms with E-state index in [-0.39, 0.29) is 6.04 Å². The normalized spacial score (nSPS) is 12.8. The second-order valence-electron chi connectivity index (χ2n) is 3.60. The van der Waals surface area contributed by atoms with Gasteiger partial charge in [0.25, 0.3) is 0 Å². The van der Waals surface area contributed by atoms with E-state index in [0.717, 1.165) is 12.1 Å². The topological polar surface area (TPSA) is 54.7 Å². The Bertz CT molecular complexity index is 506. The molecule has 1 heterocycles. The van der Waals surface area contributed by atoms with Crippen molar-refractivity contribution in [2.45, 2.75) is 13.0 Å². The molecule has 0 saturated carbocycles. The van der Waals surface area contributed by atoms with Crippen molar-refractivity contribution >= 4 is 0 Å². The first-order valence-corrected chi connectivity index (χ1v) is 4.84. The van der Waals surface area contributed by atoms with Crippen LogP contribution in [0.5, 0.6) is 0 Å². The van der Waals surface area contributed by atoms with Gasteiger partial charge in [-0.1, -0.05) is 0 Å². The molecule has 0 aliphatic rings. The van der Waals surface area contributed by atoms with E-state index in [1.807, 2.05) is 0 Å². The largest absolute Gasteiger partial charge is 0.341 e. The average molecular weight is 223 g/mol. The monoisotopic (exact) mass is 223 g/mol. The smallest absolute Gasteiger partial charge is 0.159 e. The number of imidazole rings is 1. The van der Waals surface area contributed by atoms with E-state index < -0.39 is 11.6 Å². The highest BCUT2D eigenvalue weighted by Gasteiger charge is 2.08. The third kappa shape index (κ3) is 1.94. The zero-order valence-corrected chi connectivity index (χ0v) is 8.67. The van der Waals surface area contributed by atoms with Gasteiger partial charge in [-0.3, -0.25) is 0 Å². The van der Waals surface area contributed by atoms with E-state index in [9.17, 15) is 8.78 Å².